The number of halogens is 2. The second-order valence-corrected chi connectivity index (χ2v) is 7.17. The number of aryl methyl sites for hydroxylation is 2. The van der Waals surface area contributed by atoms with Crippen LogP contribution in [0.5, 0.6) is 5.75 Å². The van der Waals surface area contributed by atoms with E-state index in [1.54, 1.807) is 12.1 Å². The summed E-state index contributed by atoms with van der Waals surface area (Å²) in [4.78, 5) is 11.8. The minimum Gasteiger partial charge on any atom is -0.492 e. The maximum Gasteiger partial charge on any atom is 0.230 e. The molecule has 0 saturated carbocycles. The number of benzene rings is 2. The molecule has 0 saturated heterocycles. The summed E-state index contributed by atoms with van der Waals surface area (Å²) >= 11 is 7.07. The molecule has 2 aromatic rings. The molecule has 0 aliphatic heterocycles. The maximum atomic E-state index is 13.6. The van der Waals surface area contributed by atoms with E-state index in [0.29, 0.717) is 29.5 Å². The molecule has 0 aliphatic rings. The third kappa shape index (κ3) is 6.96. The van der Waals surface area contributed by atoms with Crippen molar-refractivity contribution in [2.75, 3.05) is 18.9 Å². The zero-order chi connectivity index (χ0) is 18.2. The smallest absolute Gasteiger partial charge is 0.230 e. The predicted molar refractivity (Wildman–Crippen MR) is 102 cm³/mol. The lowest BCUT2D eigenvalue weighted by molar-refractivity contribution is -0.118. The lowest BCUT2D eigenvalue weighted by atomic mass is 10.1. The number of ether oxygens (including phenoxy) is 1. The van der Waals surface area contributed by atoms with Crippen molar-refractivity contribution in [1.82, 2.24) is 5.32 Å². The molecule has 2 aromatic carbocycles. The summed E-state index contributed by atoms with van der Waals surface area (Å²) in [5, 5.41) is 3.16. The number of nitrogens with one attached hydrogen (secondary N) is 1. The van der Waals surface area contributed by atoms with Gasteiger partial charge in [0.05, 0.1) is 12.3 Å². The molecule has 0 atom stereocenters. The van der Waals surface area contributed by atoms with Gasteiger partial charge >= 0.3 is 0 Å². The van der Waals surface area contributed by atoms with Crippen molar-refractivity contribution in [1.29, 1.82) is 0 Å². The van der Waals surface area contributed by atoms with Crippen molar-refractivity contribution in [3.05, 3.63) is 63.9 Å². The summed E-state index contributed by atoms with van der Waals surface area (Å²) in [6.07, 6.45) is 0. The van der Waals surface area contributed by atoms with Crippen LogP contribution in [0.2, 0.25) is 5.02 Å². The van der Waals surface area contributed by atoms with E-state index in [9.17, 15) is 9.18 Å². The Labute approximate surface area is 156 Å². The molecule has 0 spiro atoms. The van der Waals surface area contributed by atoms with E-state index in [1.165, 1.54) is 17.8 Å². The highest BCUT2D eigenvalue weighted by Crippen LogP contribution is 2.19. The molecule has 1 amide bonds. The van der Waals surface area contributed by atoms with Crippen LogP contribution in [-0.4, -0.2) is 24.8 Å². The van der Waals surface area contributed by atoms with Crippen LogP contribution in [-0.2, 0) is 10.5 Å². The summed E-state index contributed by atoms with van der Waals surface area (Å²) in [5.74, 6) is 1.06. The third-order valence-electron chi connectivity index (χ3n) is 3.39. The first-order valence-electron chi connectivity index (χ1n) is 7.93. The Morgan fingerprint density at radius 1 is 1.20 bits per heavy atom. The van der Waals surface area contributed by atoms with Gasteiger partial charge in [-0.1, -0.05) is 23.7 Å². The molecule has 1 N–H and O–H groups in total. The van der Waals surface area contributed by atoms with Crippen LogP contribution in [0.15, 0.2) is 36.4 Å². The molecule has 25 heavy (non-hydrogen) atoms. The van der Waals surface area contributed by atoms with Gasteiger partial charge in [-0.3, -0.25) is 4.79 Å². The molecule has 0 radical (unpaired) electrons. The lowest BCUT2D eigenvalue weighted by Gasteiger charge is -2.09. The van der Waals surface area contributed by atoms with Gasteiger partial charge in [-0.25, -0.2) is 4.39 Å². The number of rotatable bonds is 8. The van der Waals surface area contributed by atoms with Gasteiger partial charge in [0.15, 0.2) is 0 Å². The third-order valence-corrected chi connectivity index (χ3v) is 4.61. The van der Waals surface area contributed by atoms with Gasteiger partial charge < -0.3 is 10.1 Å². The van der Waals surface area contributed by atoms with E-state index in [1.807, 2.05) is 26.0 Å². The van der Waals surface area contributed by atoms with Gasteiger partial charge in [-0.15, -0.1) is 11.8 Å². The zero-order valence-corrected chi connectivity index (χ0v) is 15.8. The first-order chi connectivity index (χ1) is 11.9. The van der Waals surface area contributed by atoms with Crippen molar-refractivity contribution in [2.45, 2.75) is 19.6 Å². The van der Waals surface area contributed by atoms with Crippen molar-refractivity contribution in [3.63, 3.8) is 0 Å². The highest BCUT2D eigenvalue weighted by Gasteiger charge is 2.06. The van der Waals surface area contributed by atoms with Gasteiger partial charge in [0, 0.05) is 10.8 Å². The largest absolute Gasteiger partial charge is 0.492 e. The number of thioether (sulfide) groups is 1. The standard InChI is InChI=1S/C19H21ClFNO2S/c1-13-7-14(2)9-17(8-13)24-6-5-22-19(23)12-25-11-15-3-4-16(20)10-18(15)21/h3-4,7-10H,5-6,11-12H2,1-2H3,(H,22,23). The average molecular weight is 382 g/mol. The highest BCUT2D eigenvalue weighted by molar-refractivity contribution is 7.99. The molecule has 0 unspecified atom stereocenters. The Kier molecular flexibility index (Phi) is 7.59. The Morgan fingerprint density at radius 3 is 2.60 bits per heavy atom. The van der Waals surface area contributed by atoms with Gasteiger partial charge in [-0.2, -0.15) is 0 Å². The van der Waals surface area contributed by atoms with Gasteiger partial charge in [0.2, 0.25) is 5.91 Å². The van der Waals surface area contributed by atoms with E-state index < -0.39 is 0 Å². The fourth-order valence-corrected chi connectivity index (χ4v) is 3.32. The van der Waals surface area contributed by atoms with E-state index in [-0.39, 0.29) is 17.5 Å². The molecule has 0 aromatic heterocycles. The van der Waals surface area contributed by atoms with Crippen molar-refractivity contribution >= 4 is 29.3 Å². The molecule has 3 nitrogen and oxygen atoms in total. The molecule has 6 heteroatoms. The SMILES string of the molecule is Cc1cc(C)cc(OCCNC(=O)CSCc2ccc(Cl)cc2F)c1. The minimum absolute atomic E-state index is 0.0941. The molecule has 2 rings (SSSR count). The number of carbonyl (C=O) groups is 1. The van der Waals surface area contributed by atoms with E-state index in [4.69, 9.17) is 16.3 Å². The molecule has 0 heterocycles. The number of hydrogen-bond donors (Lipinski definition) is 1. The number of carbonyl (C=O) groups excluding carboxylic acids is 1. The normalized spacial score (nSPS) is 10.6. The Balaban J connectivity index is 1.64. The summed E-state index contributed by atoms with van der Waals surface area (Å²) in [6, 6.07) is 10.6. The van der Waals surface area contributed by atoms with Crippen LogP contribution in [0, 0.1) is 19.7 Å². The maximum absolute atomic E-state index is 13.6. The molecular formula is C19H21ClFNO2S. The molecule has 134 valence electrons. The summed E-state index contributed by atoms with van der Waals surface area (Å²) in [6.45, 7) is 4.87. The molecule has 0 aliphatic carbocycles. The monoisotopic (exact) mass is 381 g/mol. The van der Waals surface area contributed by atoms with Crippen molar-refractivity contribution in [3.8, 4) is 5.75 Å². The van der Waals surface area contributed by atoms with Crippen molar-refractivity contribution in [2.24, 2.45) is 0 Å². The van der Waals surface area contributed by atoms with Gasteiger partial charge in [0.1, 0.15) is 18.2 Å². The molecule has 0 fully saturated rings. The Hall–Kier alpha value is -1.72. The summed E-state index contributed by atoms with van der Waals surface area (Å²) < 4.78 is 19.3. The lowest BCUT2D eigenvalue weighted by Crippen LogP contribution is -2.29. The summed E-state index contributed by atoms with van der Waals surface area (Å²) in [7, 11) is 0. The Bertz CT molecular complexity index is 719. The zero-order valence-electron chi connectivity index (χ0n) is 14.3. The first-order valence-corrected chi connectivity index (χ1v) is 9.47. The van der Waals surface area contributed by atoms with Crippen molar-refractivity contribution < 1.29 is 13.9 Å². The van der Waals surface area contributed by atoms with Crippen LogP contribution < -0.4 is 10.1 Å². The summed E-state index contributed by atoms with van der Waals surface area (Å²) in [5.41, 5.74) is 2.83. The average Bonchev–Trinajstić information content (AvgIpc) is 2.53. The van der Waals surface area contributed by atoms with Gasteiger partial charge in [0.25, 0.3) is 0 Å². The number of hydrogen-bond acceptors (Lipinski definition) is 3. The van der Waals surface area contributed by atoms with Gasteiger partial charge in [-0.05, 0) is 54.8 Å². The molecule has 0 bridgehead atoms. The van der Waals surface area contributed by atoms with Crippen LogP contribution in [0.4, 0.5) is 4.39 Å². The van der Waals surface area contributed by atoms with Crippen LogP contribution in [0.25, 0.3) is 0 Å². The second kappa shape index (κ2) is 9.68. The fourth-order valence-electron chi connectivity index (χ4n) is 2.32. The fraction of sp³-hybridized carbons (Fsp3) is 0.316. The van der Waals surface area contributed by atoms with Crippen LogP contribution in [0.3, 0.4) is 0 Å². The Morgan fingerprint density at radius 2 is 1.92 bits per heavy atom. The molecular weight excluding hydrogens is 361 g/mol. The van der Waals surface area contributed by atoms with E-state index in [0.717, 1.165) is 16.9 Å². The quantitative estimate of drug-likeness (QED) is 0.683. The van der Waals surface area contributed by atoms with E-state index >= 15 is 0 Å². The van der Waals surface area contributed by atoms with Crippen LogP contribution >= 0.6 is 23.4 Å². The number of amides is 1. The minimum atomic E-state index is -0.345. The first kappa shape index (κ1) is 19.6. The second-order valence-electron chi connectivity index (χ2n) is 5.75. The highest BCUT2D eigenvalue weighted by atomic mass is 35.5. The topological polar surface area (TPSA) is 38.3 Å². The van der Waals surface area contributed by atoms with Crippen LogP contribution in [0.1, 0.15) is 16.7 Å². The van der Waals surface area contributed by atoms with E-state index in [2.05, 4.69) is 11.4 Å². The predicted octanol–water partition coefficient (Wildman–Crippen LogP) is 4.52.